The molecule has 0 spiro atoms. The molecular formula is C30H43N3O3. The Morgan fingerprint density at radius 3 is 2.56 bits per heavy atom. The van der Waals surface area contributed by atoms with Crippen LogP contribution in [0.3, 0.4) is 0 Å². The van der Waals surface area contributed by atoms with Gasteiger partial charge in [-0.15, -0.1) is 0 Å². The molecule has 3 aliphatic rings. The predicted molar refractivity (Wildman–Crippen MR) is 143 cm³/mol. The highest BCUT2D eigenvalue weighted by Gasteiger charge is 2.42. The van der Waals surface area contributed by atoms with Crippen LogP contribution in [0.15, 0.2) is 29.1 Å². The Morgan fingerprint density at radius 2 is 1.78 bits per heavy atom. The quantitative estimate of drug-likeness (QED) is 0.485. The van der Waals surface area contributed by atoms with Crippen molar-refractivity contribution in [1.82, 2.24) is 14.5 Å². The molecule has 6 nitrogen and oxygen atoms in total. The molecule has 2 saturated carbocycles. The first kappa shape index (κ1) is 25.4. The summed E-state index contributed by atoms with van der Waals surface area (Å²) in [5.41, 5.74) is 0.740. The molecule has 196 valence electrons. The molecule has 0 radical (unpaired) electrons. The van der Waals surface area contributed by atoms with Crippen LogP contribution in [0.5, 0.6) is 0 Å². The van der Waals surface area contributed by atoms with Crippen molar-refractivity contribution in [2.45, 2.75) is 115 Å². The molecule has 6 heteroatoms. The molecule has 3 atom stereocenters. The van der Waals surface area contributed by atoms with Gasteiger partial charge < -0.3 is 4.74 Å². The molecule has 1 unspecified atom stereocenters. The molecule has 1 saturated heterocycles. The third-order valence-electron chi connectivity index (χ3n) is 9.18. The third-order valence-corrected chi connectivity index (χ3v) is 9.18. The minimum atomic E-state index is -0.620. The third kappa shape index (κ3) is 5.11. The van der Waals surface area contributed by atoms with Crippen molar-refractivity contribution in [3.63, 3.8) is 0 Å². The number of ether oxygens (including phenoxy) is 1. The van der Waals surface area contributed by atoms with E-state index < -0.39 is 5.97 Å². The zero-order chi connectivity index (χ0) is 25.1. The monoisotopic (exact) mass is 493 g/mol. The summed E-state index contributed by atoms with van der Waals surface area (Å²) in [5.74, 6) is 0.0922. The number of benzene rings is 1. The normalized spacial score (nSPS) is 28.6. The van der Waals surface area contributed by atoms with Crippen LogP contribution in [0, 0.1) is 5.92 Å². The summed E-state index contributed by atoms with van der Waals surface area (Å²) < 4.78 is 7.16. The van der Waals surface area contributed by atoms with Gasteiger partial charge in [-0.2, -0.15) is 0 Å². The van der Waals surface area contributed by atoms with Crippen LogP contribution in [0.1, 0.15) is 108 Å². The van der Waals surface area contributed by atoms with E-state index >= 15 is 0 Å². The fraction of sp³-hybridized carbons (Fsp3) is 0.700. The van der Waals surface area contributed by atoms with E-state index in [1.165, 1.54) is 70.8 Å². The van der Waals surface area contributed by atoms with Gasteiger partial charge in [0.2, 0.25) is 5.69 Å². The van der Waals surface area contributed by atoms with Gasteiger partial charge in [-0.3, -0.25) is 14.3 Å². The molecule has 1 aliphatic heterocycles. The van der Waals surface area contributed by atoms with E-state index in [0.29, 0.717) is 23.5 Å². The van der Waals surface area contributed by atoms with E-state index in [2.05, 4.69) is 16.8 Å². The van der Waals surface area contributed by atoms with Gasteiger partial charge in [0.1, 0.15) is 0 Å². The molecule has 0 amide bonds. The lowest BCUT2D eigenvalue weighted by Crippen LogP contribution is -2.49. The van der Waals surface area contributed by atoms with Crippen LogP contribution in [0.4, 0.5) is 0 Å². The number of rotatable bonds is 4. The summed E-state index contributed by atoms with van der Waals surface area (Å²) in [6.45, 7) is 5.42. The number of fused-ring (bicyclic) bond motifs is 3. The minimum Gasteiger partial charge on any atom is -0.461 e. The number of carbonyl (C=O) groups is 1. The number of nitrogens with zero attached hydrogens (tertiary/aromatic N) is 3. The molecule has 2 heterocycles. The van der Waals surface area contributed by atoms with Gasteiger partial charge in [-0.1, -0.05) is 44.2 Å². The second-order valence-electron chi connectivity index (χ2n) is 11.7. The maximum absolute atomic E-state index is 13.9. The first-order valence-corrected chi connectivity index (χ1v) is 14.5. The molecule has 0 N–H and O–H groups in total. The summed E-state index contributed by atoms with van der Waals surface area (Å²) in [4.78, 5) is 34.0. The van der Waals surface area contributed by atoms with E-state index in [-0.39, 0.29) is 23.4 Å². The second-order valence-corrected chi connectivity index (χ2v) is 11.7. The smallest absolute Gasteiger partial charge is 0.362 e. The van der Waals surface area contributed by atoms with Crippen molar-refractivity contribution >= 4 is 17.0 Å². The second kappa shape index (κ2) is 11.0. The van der Waals surface area contributed by atoms with Gasteiger partial charge in [-0.05, 0) is 89.8 Å². The molecule has 1 aromatic heterocycles. The van der Waals surface area contributed by atoms with Crippen molar-refractivity contribution in [3.8, 4) is 0 Å². The fourth-order valence-electron chi connectivity index (χ4n) is 7.42. The molecular weight excluding hydrogens is 450 g/mol. The number of hydrogen-bond donors (Lipinski definition) is 0. The number of likely N-dealkylation sites (tertiary alicyclic amines) is 1. The van der Waals surface area contributed by atoms with Crippen molar-refractivity contribution in [1.29, 1.82) is 0 Å². The molecule has 3 fully saturated rings. The zero-order valence-electron chi connectivity index (χ0n) is 22.2. The lowest BCUT2D eigenvalue weighted by molar-refractivity contribution is 0.0514. The van der Waals surface area contributed by atoms with E-state index in [4.69, 9.17) is 4.74 Å². The van der Waals surface area contributed by atoms with Crippen molar-refractivity contribution in [2.24, 2.45) is 5.92 Å². The van der Waals surface area contributed by atoms with Gasteiger partial charge in [0, 0.05) is 17.6 Å². The standard InChI is InChI=1S/C30H43N3O3/c1-3-36-29(35)27-28(34)33(26-16-10-9-15-25(26)31-27)30(2)18-17-22-12-11-19-32(24(20-22)21-30)23-13-7-5-4-6-8-14-23/h9-10,15-16,22-24H,3-8,11-14,17-21H2,1-2H3/t22?,24-,30+/m0/s1. The lowest BCUT2D eigenvalue weighted by atomic mass is 9.87. The molecule has 5 rings (SSSR count). The number of esters is 1. The Balaban J connectivity index is 1.56. The number of carbonyl (C=O) groups excluding carboxylic acids is 1. The van der Waals surface area contributed by atoms with Crippen LogP contribution >= 0.6 is 0 Å². The Morgan fingerprint density at radius 1 is 1.03 bits per heavy atom. The average Bonchev–Trinajstić information content (AvgIpc) is 3.14. The zero-order valence-corrected chi connectivity index (χ0v) is 22.2. The highest BCUT2D eigenvalue weighted by atomic mass is 16.5. The maximum Gasteiger partial charge on any atom is 0.362 e. The molecule has 2 aromatic rings. The van der Waals surface area contributed by atoms with Gasteiger partial charge in [-0.25, -0.2) is 9.78 Å². The first-order chi connectivity index (χ1) is 17.5. The Labute approximate surface area is 215 Å². The van der Waals surface area contributed by atoms with Crippen molar-refractivity contribution in [3.05, 3.63) is 40.3 Å². The number of para-hydroxylation sites is 2. The van der Waals surface area contributed by atoms with Gasteiger partial charge in [0.05, 0.1) is 17.6 Å². The van der Waals surface area contributed by atoms with Crippen LogP contribution in [0.25, 0.3) is 11.0 Å². The van der Waals surface area contributed by atoms with Crippen LogP contribution in [-0.4, -0.2) is 45.7 Å². The Kier molecular flexibility index (Phi) is 7.80. The first-order valence-electron chi connectivity index (χ1n) is 14.5. The molecule has 2 bridgehead atoms. The highest BCUT2D eigenvalue weighted by molar-refractivity contribution is 5.89. The lowest BCUT2D eigenvalue weighted by Gasteiger charge is -2.42. The molecule has 1 aromatic carbocycles. The summed E-state index contributed by atoms with van der Waals surface area (Å²) in [5, 5.41) is 0. The van der Waals surface area contributed by atoms with Gasteiger partial charge in [0.15, 0.2) is 0 Å². The summed E-state index contributed by atoms with van der Waals surface area (Å²) in [6.07, 6.45) is 16.2. The SMILES string of the molecule is CCOC(=O)c1nc2ccccc2n([C@]2(C)CCC3CCCN(C4CCCCCCC4)[C@@H](C3)C2)c1=O. The molecule has 2 aliphatic carbocycles. The van der Waals surface area contributed by atoms with E-state index in [0.717, 1.165) is 24.8 Å². The topological polar surface area (TPSA) is 64.4 Å². The van der Waals surface area contributed by atoms with Crippen LogP contribution in [-0.2, 0) is 10.3 Å². The fourth-order valence-corrected chi connectivity index (χ4v) is 7.42. The van der Waals surface area contributed by atoms with Gasteiger partial charge >= 0.3 is 5.97 Å². The minimum absolute atomic E-state index is 0.0851. The summed E-state index contributed by atoms with van der Waals surface area (Å²) in [7, 11) is 0. The van der Waals surface area contributed by atoms with E-state index in [1.807, 2.05) is 28.8 Å². The number of hydrogen-bond acceptors (Lipinski definition) is 5. The van der Waals surface area contributed by atoms with Crippen molar-refractivity contribution < 1.29 is 9.53 Å². The average molecular weight is 494 g/mol. The maximum atomic E-state index is 13.9. The summed E-state index contributed by atoms with van der Waals surface area (Å²) in [6, 6.07) is 8.91. The van der Waals surface area contributed by atoms with E-state index in [9.17, 15) is 9.59 Å². The molecule has 36 heavy (non-hydrogen) atoms. The van der Waals surface area contributed by atoms with Gasteiger partial charge in [0.25, 0.3) is 5.56 Å². The van der Waals surface area contributed by atoms with Crippen LogP contribution in [0.2, 0.25) is 0 Å². The largest absolute Gasteiger partial charge is 0.461 e. The number of aromatic nitrogens is 2. The summed E-state index contributed by atoms with van der Waals surface area (Å²) >= 11 is 0. The predicted octanol–water partition coefficient (Wildman–Crippen LogP) is 6.06. The van der Waals surface area contributed by atoms with Crippen molar-refractivity contribution in [2.75, 3.05) is 13.2 Å². The van der Waals surface area contributed by atoms with E-state index in [1.54, 1.807) is 6.92 Å². The Hall–Kier alpha value is -2.21. The van der Waals surface area contributed by atoms with Crippen LogP contribution < -0.4 is 5.56 Å². The Bertz CT molecular complexity index is 1120. The highest BCUT2D eigenvalue weighted by Crippen LogP contribution is 2.42.